The van der Waals surface area contributed by atoms with Crippen LogP contribution in [0.5, 0.6) is 0 Å². The van der Waals surface area contributed by atoms with Gasteiger partial charge in [0.25, 0.3) is 0 Å². The molecule has 0 atom stereocenters. The standard InChI is InChI=1S/C8H18N4O2.C3H8/c1-8(2,3)14-7(13)5-4-6(9)11-12-10;1-3-2/h12H,4-5,10H2,1-3H3,(H2,9,11);3H2,1-2H3. The Labute approximate surface area is 104 Å². The summed E-state index contributed by atoms with van der Waals surface area (Å²) in [5.41, 5.74) is 6.98. The summed E-state index contributed by atoms with van der Waals surface area (Å²) in [7, 11) is 0. The van der Waals surface area contributed by atoms with Crippen LogP contribution in [-0.2, 0) is 9.53 Å². The number of hydrogen-bond acceptors (Lipinski definition) is 5. The highest BCUT2D eigenvalue weighted by Gasteiger charge is 2.15. The topological polar surface area (TPSA) is 103 Å². The Bertz CT molecular complexity index is 234. The molecule has 0 aliphatic rings. The van der Waals surface area contributed by atoms with Crippen molar-refractivity contribution < 1.29 is 9.53 Å². The zero-order valence-corrected chi connectivity index (χ0v) is 11.5. The lowest BCUT2D eigenvalue weighted by atomic mass is 10.2. The van der Waals surface area contributed by atoms with Crippen molar-refractivity contribution in [2.75, 3.05) is 0 Å². The number of esters is 1. The van der Waals surface area contributed by atoms with E-state index in [1.807, 2.05) is 20.8 Å². The van der Waals surface area contributed by atoms with Gasteiger partial charge >= 0.3 is 5.97 Å². The van der Waals surface area contributed by atoms with E-state index in [4.69, 9.17) is 16.3 Å². The molecule has 0 heterocycles. The van der Waals surface area contributed by atoms with Crippen LogP contribution in [0.2, 0.25) is 0 Å². The Morgan fingerprint density at radius 1 is 1.29 bits per heavy atom. The first kappa shape index (κ1) is 18.1. The van der Waals surface area contributed by atoms with Crippen molar-refractivity contribution in [1.82, 2.24) is 5.53 Å². The van der Waals surface area contributed by atoms with Crippen molar-refractivity contribution in [2.45, 2.75) is 59.5 Å². The second-order valence-corrected chi connectivity index (χ2v) is 4.53. The molecule has 0 aromatic carbocycles. The Kier molecular flexibility index (Phi) is 10.5. The van der Waals surface area contributed by atoms with E-state index in [2.05, 4.69) is 24.5 Å². The summed E-state index contributed by atoms with van der Waals surface area (Å²) in [6.07, 6.45) is 1.79. The van der Waals surface area contributed by atoms with Crippen molar-refractivity contribution >= 4 is 11.8 Å². The van der Waals surface area contributed by atoms with Crippen LogP contribution in [0.25, 0.3) is 0 Å². The van der Waals surface area contributed by atoms with Crippen LogP contribution in [-0.4, -0.2) is 17.4 Å². The number of nitrogens with one attached hydrogen (secondary N) is 1. The fraction of sp³-hybridized carbons (Fsp3) is 0.818. The second kappa shape index (κ2) is 9.89. The van der Waals surface area contributed by atoms with Gasteiger partial charge in [-0.25, -0.2) is 11.4 Å². The van der Waals surface area contributed by atoms with Crippen molar-refractivity contribution in [1.29, 1.82) is 0 Å². The number of rotatable bonds is 4. The Hall–Kier alpha value is -1.30. The molecule has 0 saturated carbocycles. The van der Waals surface area contributed by atoms with E-state index in [9.17, 15) is 4.79 Å². The highest BCUT2D eigenvalue weighted by atomic mass is 16.6. The quantitative estimate of drug-likeness (QED) is 0.228. The van der Waals surface area contributed by atoms with Gasteiger partial charge in [0.15, 0.2) is 0 Å². The van der Waals surface area contributed by atoms with Crippen LogP contribution in [0.4, 0.5) is 0 Å². The summed E-state index contributed by atoms with van der Waals surface area (Å²) in [4.78, 5) is 11.2. The molecular weight excluding hydrogens is 220 g/mol. The van der Waals surface area contributed by atoms with Crippen LogP contribution < -0.4 is 17.1 Å². The molecule has 6 nitrogen and oxygen atoms in total. The molecule has 0 aromatic heterocycles. The minimum Gasteiger partial charge on any atom is -0.460 e. The fourth-order valence-electron chi connectivity index (χ4n) is 0.761. The predicted octanol–water partition coefficient (Wildman–Crippen LogP) is 1.26. The molecule has 0 amide bonds. The van der Waals surface area contributed by atoms with Gasteiger partial charge in [0.05, 0.1) is 6.42 Å². The van der Waals surface area contributed by atoms with Crippen LogP contribution in [0.1, 0.15) is 53.9 Å². The number of ether oxygens (including phenoxy) is 1. The van der Waals surface area contributed by atoms with E-state index in [1.165, 1.54) is 6.42 Å². The van der Waals surface area contributed by atoms with Gasteiger partial charge in [-0.2, -0.15) is 5.10 Å². The van der Waals surface area contributed by atoms with E-state index < -0.39 is 5.60 Å². The van der Waals surface area contributed by atoms with Gasteiger partial charge in [0, 0.05) is 6.42 Å². The molecule has 0 aromatic rings. The second-order valence-electron chi connectivity index (χ2n) is 4.53. The molecule has 0 fully saturated rings. The highest BCUT2D eigenvalue weighted by molar-refractivity contribution is 5.84. The van der Waals surface area contributed by atoms with E-state index >= 15 is 0 Å². The lowest BCUT2D eigenvalue weighted by molar-refractivity contribution is -0.154. The maximum absolute atomic E-state index is 11.2. The summed E-state index contributed by atoms with van der Waals surface area (Å²) >= 11 is 0. The molecule has 0 unspecified atom stereocenters. The number of hydrazone groups is 1. The summed E-state index contributed by atoms with van der Waals surface area (Å²) in [5.74, 6) is 4.88. The van der Waals surface area contributed by atoms with Crippen molar-refractivity contribution in [3.63, 3.8) is 0 Å². The molecule has 17 heavy (non-hydrogen) atoms. The minimum atomic E-state index is -0.463. The van der Waals surface area contributed by atoms with Crippen LogP contribution in [0.15, 0.2) is 5.10 Å². The van der Waals surface area contributed by atoms with Crippen molar-refractivity contribution in [3.05, 3.63) is 0 Å². The van der Waals surface area contributed by atoms with Crippen LogP contribution in [0, 0.1) is 0 Å². The molecule has 0 radical (unpaired) electrons. The molecule has 0 spiro atoms. The lowest BCUT2D eigenvalue weighted by Crippen LogP contribution is -2.26. The highest BCUT2D eigenvalue weighted by Crippen LogP contribution is 2.08. The van der Waals surface area contributed by atoms with E-state index in [0.717, 1.165) is 0 Å². The number of carbonyl (C=O) groups is 1. The summed E-state index contributed by atoms with van der Waals surface area (Å²) < 4.78 is 5.07. The first-order valence-corrected chi connectivity index (χ1v) is 5.76. The Balaban J connectivity index is 0. The summed E-state index contributed by atoms with van der Waals surface area (Å²) in [6, 6.07) is 0. The third kappa shape index (κ3) is 17.3. The molecule has 0 rings (SSSR count). The third-order valence-electron chi connectivity index (χ3n) is 1.21. The van der Waals surface area contributed by atoms with Gasteiger partial charge in [-0.1, -0.05) is 20.3 Å². The van der Waals surface area contributed by atoms with E-state index in [1.54, 1.807) is 0 Å². The minimum absolute atomic E-state index is 0.203. The van der Waals surface area contributed by atoms with Gasteiger partial charge in [-0.3, -0.25) is 4.79 Å². The number of nitrogens with zero attached hydrogens (tertiary/aromatic N) is 1. The number of hydrazine groups is 1. The monoisotopic (exact) mass is 246 g/mol. The number of hydrogen-bond donors (Lipinski definition) is 3. The van der Waals surface area contributed by atoms with Crippen LogP contribution >= 0.6 is 0 Å². The normalized spacial score (nSPS) is 11.3. The van der Waals surface area contributed by atoms with E-state index in [0.29, 0.717) is 6.42 Å². The molecule has 0 bridgehead atoms. The predicted molar refractivity (Wildman–Crippen MR) is 70.0 cm³/mol. The Morgan fingerprint density at radius 2 is 1.76 bits per heavy atom. The number of amidine groups is 1. The average Bonchev–Trinajstić information content (AvgIpc) is 2.14. The van der Waals surface area contributed by atoms with Gasteiger partial charge in [0.2, 0.25) is 0 Å². The first-order valence-electron chi connectivity index (χ1n) is 5.76. The van der Waals surface area contributed by atoms with Crippen molar-refractivity contribution in [2.24, 2.45) is 16.7 Å². The summed E-state index contributed by atoms with van der Waals surface area (Å²) in [6.45, 7) is 9.68. The molecule has 6 heteroatoms. The van der Waals surface area contributed by atoms with Gasteiger partial charge in [-0.15, -0.1) is 0 Å². The number of carbonyl (C=O) groups excluding carboxylic acids is 1. The molecular formula is C11H26N4O2. The molecule has 0 saturated heterocycles. The maximum Gasteiger partial charge on any atom is 0.306 e. The zero-order chi connectivity index (χ0) is 13.9. The maximum atomic E-state index is 11.2. The van der Waals surface area contributed by atoms with Crippen molar-refractivity contribution in [3.8, 4) is 0 Å². The average molecular weight is 246 g/mol. The fourth-order valence-corrected chi connectivity index (χ4v) is 0.761. The van der Waals surface area contributed by atoms with Gasteiger partial charge < -0.3 is 10.5 Å². The van der Waals surface area contributed by atoms with Crippen LogP contribution in [0.3, 0.4) is 0 Å². The first-order chi connectivity index (χ1) is 7.76. The largest absolute Gasteiger partial charge is 0.460 e. The third-order valence-corrected chi connectivity index (χ3v) is 1.21. The zero-order valence-electron chi connectivity index (χ0n) is 11.5. The van der Waals surface area contributed by atoms with E-state index in [-0.39, 0.29) is 18.2 Å². The summed E-state index contributed by atoms with van der Waals surface area (Å²) in [5, 5.41) is 3.51. The Morgan fingerprint density at radius 3 is 2.12 bits per heavy atom. The van der Waals surface area contributed by atoms with Gasteiger partial charge in [0.1, 0.15) is 11.4 Å². The lowest BCUT2D eigenvalue weighted by Gasteiger charge is -2.19. The molecule has 0 aliphatic heterocycles. The number of nitrogens with two attached hydrogens (primary N) is 2. The molecule has 0 aliphatic carbocycles. The smallest absolute Gasteiger partial charge is 0.306 e. The van der Waals surface area contributed by atoms with Gasteiger partial charge in [-0.05, 0) is 20.8 Å². The molecule has 5 N–H and O–H groups in total. The molecule has 102 valence electrons. The SMILES string of the molecule is CC(C)(C)OC(=O)CC/C(N)=N/NN.CCC.